The highest BCUT2D eigenvalue weighted by molar-refractivity contribution is 5.84. The van der Waals surface area contributed by atoms with Crippen molar-refractivity contribution in [2.24, 2.45) is 10.9 Å². The van der Waals surface area contributed by atoms with E-state index in [0.29, 0.717) is 6.42 Å². The Morgan fingerprint density at radius 2 is 2.38 bits per heavy atom. The van der Waals surface area contributed by atoms with Crippen molar-refractivity contribution in [2.45, 2.75) is 19.8 Å². The lowest BCUT2D eigenvalue weighted by atomic mass is 10.0. The molecule has 0 saturated heterocycles. The van der Waals surface area contributed by atoms with E-state index in [2.05, 4.69) is 29.2 Å². The molecule has 0 aliphatic carbocycles. The van der Waals surface area contributed by atoms with Crippen LogP contribution in [-0.2, 0) is 4.79 Å². The molecule has 4 nitrogen and oxygen atoms in total. The van der Waals surface area contributed by atoms with Crippen LogP contribution < -0.4 is 5.32 Å². The van der Waals surface area contributed by atoms with Crippen LogP contribution in [0.15, 0.2) is 17.3 Å². The minimum Gasteiger partial charge on any atom is -0.354 e. The van der Waals surface area contributed by atoms with Crippen LogP contribution in [0.4, 0.5) is 0 Å². The van der Waals surface area contributed by atoms with E-state index in [0.717, 1.165) is 26.1 Å². The highest BCUT2D eigenvalue weighted by Gasteiger charge is 2.15. The van der Waals surface area contributed by atoms with Crippen LogP contribution in [0, 0.1) is 5.92 Å². The maximum absolute atomic E-state index is 11.7. The number of nitrogens with zero attached hydrogens (tertiary/aromatic N) is 2. The third-order valence-corrected chi connectivity index (χ3v) is 2.60. The second kappa shape index (κ2) is 7.17. The van der Waals surface area contributed by atoms with Gasteiger partial charge in [-0.2, -0.15) is 0 Å². The SMILES string of the molecule is CCCN(C)CCNC(=O)C1C=CN=CC1. The molecule has 1 rings (SSSR count). The second-order valence-corrected chi connectivity index (χ2v) is 4.11. The molecule has 4 heteroatoms. The Labute approximate surface area is 97.4 Å². The molecule has 0 radical (unpaired) electrons. The number of likely N-dealkylation sites (N-methyl/N-ethyl adjacent to an activating group) is 1. The first-order valence-electron chi connectivity index (χ1n) is 5.88. The van der Waals surface area contributed by atoms with Gasteiger partial charge in [-0.3, -0.25) is 9.79 Å². The Kier molecular flexibility index (Phi) is 5.78. The van der Waals surface area contributed by atoms with Crippen molar-refractivity contribution >= 4 is 12.1 Å². The molecule has 90 valence electrons. The molecule has 1 amide bonds. The summed E-state index contributed by atoms with van der Waals surface area (Å²) in [7, 11) is 2.07. The molecule has 1 N–H and O–H groups in total. The number of rotatable bonds is 6. The van der Waals surface area contributed by atoms with Gasteiger partial charge in [-0.1, -0.05) is 13.0 Å². The van der Waals surface area contributed by atoms with E-state index >= 15 is 0 Å². The smallest absolute Gasteiger partial charge is 0.227 e. The van der Waals surface area contributed by atoms with Crippen molar-refractivity contribution in [3.05, 3.63) is 12.3 Å². The molecule has 0 aromatic carbocycles. The second-order valence-electron chi connectivity index (χ2n) is 4.11. The van der Waals surface area contributed by atoms with Gasteiger partial charge in [-0.15, -0.1) is 0 Å². The Bertz CT molecular complexity index is 273. The Morgan fingerprint density at radius 3 is 3.00 bits per heavy atom. The summed E-state index contributed by atoms with van der Waals surface area (Å²) in [6.07, 6.45) is 7.19. The molecule has 16 heavy (non-hydrogen) atoms. The van der Waals surface area contributed by atoms with Crippen LogP contribution in [0.3, 0.4) is 0 Å². The van der Waals surface area contributed by atoms with E-state index in [4.69, 9.17) is 0 Å². The Balaban J connectivity index is 2.15. The first-order valence-corrected chi connectivity index (χ1v) is 5.88. The van der Waals surface area contributed by atoms with Crippen LogP contribution in [0.25, 0.3) is 0 Å². The van der Waals surface area contributed by atoms with Crippen molar-refractivity contribution in [3.63, 3.8) is 0 Å². The van der Waals surface area contributed by atoms with Gasteiger partial charge in [0.25, 0.3) is 0 Å². The fraction of sp³-hybridized carbons (Fsp3) is 0.667. The number of hydrogen-bond acceptors (Lipinski definition) is 3. The van der Waals surface area contributed by atoms with Crippen LogP contribution in [0.5, 0.6) is 0 Å². The zero-order valence-corrected chi connectivity index (χ0v) is 10.1. The van der Waals surface area contributed by atoms with E-state index in [1.807, 2.05) is 6.08 Å². The Hall–Kier alpha value is -1.16. The minimum atomic E-state index is -0.0334. The average Bonchev–Trinajstić information content (AvgIpc) is 2.30. The molecule has 0 fully saturated rings. The number of carbonyl (C=O) groups excluding carboxylic acids is 1. The van der Waals surface area contributed by atoms with Gasteiger partial charge in [0.1, 0.15) is 0 Å². The van der Waals surface area contributed by atoms with Crippen LogP contribution in [-0.4, -0.2) is 43.7 Å². The first-order chi connectivity index (χ1) is 7.74. The number of nitrogens with one attached hydrogen (secondary N) is 1. The third kappa shape index (κ3) is 4.57. The fourth-order valence-corrected chi connectivity index (χ4v) is 1.66. The molecule has 0 spiro atoms. The van der Waals surface area contributed by atoms with Gasteiger partial charge in [0, 0.05) is 25.5 Å². The summed E-state index contributed by atoms with van der Waals surface area (Å²) in [6.45, 7) is 4.86. The largest absolute Gasteiger partial charge is 0.354 e. The van der Waals surface area contributed by atoms with Gasteiger partial charge in [0.2, 0.25) is 5.91 Å². The number of aliphatic imine (C=N–C) groups is 1. The van der Waals surface area contributed by atoms with Gasteiger partial charge in [-0.05, 0) is 26.4 Å². The van der Waals surface area contributed by atoms with E-state index in [9.17, 15) is 4.79 Å². The normalized spacial score (nSPS) is 19.1. The first kappa shape index (κ1) is 12.9. The van der Waals surface area contributed by atoms with E-state index < -0.39 is 0 Å². The van der Waals surface area contributed by atoms with E-state index in [1.165, 1.54) is 0 Å². The average molecular weight is 223 g/mol. The third-order valence-electron chi connectivity index (χ3n) is 2.60. The van der Waals surface area contributed by atoms with E-state index in [1.54, 1.807) is 12.4 Å². The lowest BCUT2D eigenvalue weighted by Crippen LogP contribution is -2.36. The molecular formula is C12H21N3O. The monoisotopic (exact) mass is 223 g/mol. The molecule has 1 unspecified atom stereocenters. The molecule has 1 heterocycles. The molecule has 1 aliphatic heterocycles. The van der Waals surface area contributed by atoms with Gasteiger partial charge in [0.05, 0.1) is 5.92 Å². The Morgan fingerprint density at radius 1 is 1.56 bits per heavy atom. The molecule has 0 aromatic rings. The molecular weight excluding hydrogens is 202 g/mol. The fourth-order valence-electron chi connectivity index (χ4n) is 1.66. The van der Waals surface area contributed by atoms with Crippen LogP contribution in [0.1, 0.15) is 19.8 Å². The molecule has 0 bridgehead atoms. The predicted octanol–water partition coefficient (Wildman–Crippen LogP) is 1.05. The quantitative estimate of drug-likeness (QED) is 0.731. The summed E-state index contributed by atoms with van der Waals surface area (Å²) in [5.74, 6) is 0.0706. The van der Waals surface area contributed by atoms with Crippen molar-refractivity contribution in [2.75, 3.05) is 26.7 Å². The summed E-state index contributed by atoms with van der Waals surface area (Å²) in [5.41, 5.74) is 0. The van der Waals surface area contributed by atoms with Gasteiger partial charge in [-0.25, -0.2) is 0 Å². The van der Waals surface area contributed by atoms with Crippen molar-refractivity contribution in [1.82, 2.24) is 10.2 Å². The minimum absolute atomic E-state index is 0.0334. The standard InChI is InChI=1S/C12H21N3O/c1-3-9-15(2)10-8-14-12(16)11-4-6-13-7-5-11/h4,6-7,11H,3,5,8-10H2,1-2H3,(H,14,16). The van der Waals surface area contributed by atoms with Crippen LogP contribution >= 0.6 is 0 Å². The molecule has 0 aromatic heterocycles. The maximum Gasteiger partial charge on any atom is 0.227 e. The zero-order chi connectivity index (χ0) is 11.8. The summed E-state index contributed by atoms with van der Waals surface area (Å²) >= 11 is 0. The van der Waals surface area contributed by atoms with Crippen LogP contribution in [0.2, 0.25) is 0 Å². The summed E-state index contributed by atoms with van der Waals surface area (Å²) in [6, 6.07) is 0. The highest BCUT2D eigenvalue weighted by atomic mass is 16.1. The molecule has 0 saturated carbocycles. The van der Waals surface area contributed by atoms with Crippen molar-refractivity contribution in [3.8, 4) is 0 Å². The van der Waals surface area contributed by atoms with Gasteiger partial charge in [0.15, 0.2) is 0 Å². The number of hydrogen-bond donors (Lipinski definition) is 1. The number of carbonyl (C=O) groups is 1. The van der Waals surface area contributed by atoms with Gasteiger partial charge < -0.3 is 10.2 Å². The highest BCUT2D eigenvalue weighted by Crippen LogP contribution is 2.07. The van der Waals surface area contributed by atoms with Crippen molar-refractivity contribution < 1.29 is 4.79 Å². The van der Waals surface area contributed by atoms with Gasteiger partial charge >= 0.3 is 0 Å². The molecule has 1 aliphatic rings. The topological polar surface area (TPSA) is 44.7 Å². The lowest BCUT2D eigenvalue weighted by molar-refractivity contribution is -0.123. The summed E-state index contributed by atoms with van der Waals surface area (Å²) in [4.78, 5) is 17.9. The predicted molar refractivity (Wildman–Crippen MR) is 66.5 cm³/mol. The van der Waals surface area contributed by atoms with E-state index in [-0.39, 0.29) is 11.8 Å². The summed E-state index contributed by atoms with van der Waals surface area (Å²) in [5, 5.41) is 2.95. The number of amides is 1. The lowest BCUT2D eigenvalue weighted by Gasteiger charge is -2.17. The maximum atomic E-state index is 11.7. The molecule has 1 atom stereocenters. The summed E-state index contributed by atoms with van der Waals surface area (Å²) < 4.78 is 0. The van der Waals surface area contributed by atoms with Crippen molar-refractivity contribution in [1.29, 1.82) is 0 Å². The zero-order valence-electron chi connectivity index (χ0n) is 10.1.